The van der Waals surface area contributed by atoms with Crippen molar-refractivity contribution in [2.24, 2.45) is 5.92 Å². The second kappa shape index (κ2) is 1.20. The molecule has 2 N–H and O–H groups in total. The second-order valence-electron chi connectivity index (χ2n) is 2.63. The van der Waals surface area contributed by atoms with Crippen molar-refractivity contribution in [2.45, 2.75) is 25.8 Å². The second-order valence-corrected chi connectivity index (χ2v) is 2.63. The first-order chi connectivity index (χ1) is 3.19. The van der Waals surface area contributed by atoms with E-state index in [0.29, 0.717) is 5.92 Å². The molecule has 0 aromatic rings. The smallest absolute Gasteiger partial charge is 0.0431 e. The molecule has 2 atom stereocenters. The van der Waals surface area contributed by atoms with E-state index in [1.165, 1.54) is 0 Å². The molecule has 0 heterocycles. The van der Waals surface area contributed by atoms with Crippen LogP contribution in [0.3, 0.4) is 0 Å². The summed E-state index contributed by atoms with van der Waals surface area (Å²) in [5, 5.41) is 8.39. The Morgan fingerprint density at radius 2 is 2.29 bits per heavy atom. The number of hydrogen-bond acceptors (Lipinski definition) is 2. The highest BCUT2D eigenvalue weighted by atomic mass is 16.5. The zero-order chi connectivity index (χ0) is 5.49. The first-order valence-corrected chi connectivity index (χ1v) is 2.60. The molecule has 1 aliphatic carbocycles. The van der Waals surface area contributed by atoms with E-state index < -0.39 is 0 Å². The van der Waals surface area contributed by atoms with Crippen LogP contribution < -0.4 is 5.48 Å². The van der Waals surface area contributed by atoms with Crippen molar-refractivity contribution in [3.05, 3.63) is 0 Å². The number of hydroxylamine groups is 1. The SMILES string of the molecule is CC1CC1(C)NO. The van der Waals surface area contributed by atoms with E-state index in [1.54, 1.807) is 0 Å². The van der Waals surface area contributed by atoms with Crippen LogP contribution in [0.4, 0.5) is 0 Å². The number of rotatable bonds is 1. The van der Waals surface area contributed by atoms with Gasteiger partial charge in [0.1, 0.15) is 0 Å². The summed E-state index contributed by atoms with van der Waals surface area (Å²) in [6, 6.07) is 0. The van der Waals surface area contributed by atoms with Gasteiger partial charge in [-0.2, -0.15) is 5.48 Å². The molecule has 1 fully saturated rings. The minimum atomic E-state index is 0.0556. The number of hydrogen-bond donors (Lipinski definition) is 2. The third kappa shape index (κ3) is 0.640. The van der Waals surface area contributed by atoms with Crippen molar-refractivity contribution in [3.63, 3.8) is 0 Å². The molecule has 1 rings (SSSR count). The summed E-state index contributed by atoms with van der Waals surface area (Å²) in [6.45, 7) is 4.13. The van der Waals surface area contributed by atoms with E-state index in [-0.39, 0.29) is 5.54 Å². The molecule has 1 saturated carbocycles. The molecule has 0 saturated heterocycles. The average Bonchev–Trinajstić information content (AvgIpc) is 2.18. The lowest BCUT2D eigenvalue weighted by Gasteiger charge is -2.02. The summed E-state index contributed by atoms with van der Waals surface area (Å²) in [5.74, 6) is 0.650. The van der Waals surface area contributed by atoms with Gasteiger partial charge in [-0.3, -0.25) is 0 Å². The first-order valence-electron chi connectivity index (χ1n) is 2.60. The van der Waals surface area contributed by atoms with Crippen molar-refractivity contribution in [1.29, 1.82) is 0 Å². The third-order valence-electron chi connectivity index (χ3n) is 1.91. The van der Waals surface area contributed by atoms with Gasteiger partial charge in [0.25, 0.3) is 0 Å². The maximum Gasteiger partial charge on any atom is 0.0431 e. The van der Waals surface area contributed by atoms with Gasteiger partial charge in [-0.15, -0.1) is 0 Å². The molecule has 0 bridgehead atoms. The summed E-state index contributed by atoms with van der Waals surface area (Å²) < 4.78 is 0. The minimum Gasteiger partial charge on any atom is -0.316 e. The average molecular weight is 101 g/mol. The molecular formula is C5H11NO. The number of nitrogens with one attached hydrogen (secondary N) is 1. The van der Waals surface area contributed by atoms with Crippen LogP contribution in [0.15, 0.2) is 0 Å². The Balaban J connectivity index is 2.36. The first kappa shape index (κ1) is 5.06. The summed E-state index contributed by atoms with van der Waals surface area (Å²) in [7, 11) is 0. The van der Waals surface area contributed by atoms with Gasteiger partial charge in [0.05, 0.1) is 0 Å². The van der Waals surface area contributed by atoms with Gasteiger partial charge in [-0.1, -0.05) is 6.92 Å². The van der Waals surface area contributed by atoms with E-state index in [2.05, 4.69) is 12.4 Å². The Hall–Kier alpha value is -0.0800. The lowest BCUT2D eigenvalue weighted by Crippen LogP contribution is -2.25. The van der Waals surface area contributed by atoms with Gasteiger partial charge >= 0.3 is 0 Å². The van der Waals surface area contributed by atoms with E-state index in [4.69, 9.17) is 5.21 Å². The maximum atomic E-state index is 8.39. The highest BCUT2D eigenvalue weighted by Gasteiger charge is 2.46. The lowest BCUT2D eigenvalue weighted by atomic mass is 10.3. The van der Waals surface area contributed by atoms with Gasteiger partial charge < -0.3 is 5.21 Å². The minimum absolute atomic E-state index is 0.0556. The van der Waals surface area contributed by atoms with Crippen LogP contribution in [0.5, 0.6) is 0 Å². The van der Waals surface area contributed by atoms with E-state index in [1.807, 2.05) is 6.92 Å². The van der Waals surface area contributed by atoms with Gasteiger partial charge in [0, 0.05) is 5.54 Å². The van der Waals surface area contributed by atoms with Crippen molar-refractivity contribution in [2.75, 3.05) is 0 Å². The largest absolute Gasteiger partial charge is 0.316 e. The zero-order valence-electron chi connectivity index (χ0n) is 4.73. The maximum absolute atomic E-state index is 8.39. The summed E-state index contributed by atoms with van der Waals surface area (Å²) in [5.41, 5.74) is 2.32. The lowest BCUT2D eigenvalue weighted by molar-refractivity contribution is 0.116. The Labute approximate surface area is 43.5 Å². The topological polar surface area (TPSA) is 32.3 Å². The van der Waals surface area contributed by atoms with E-state index in [9.17, 15) is 0 Å². The van der Waals surface area contributed by atoms with Crippen LogP contribution >= 0.6 is 0 Å². The molecule has 2 unspecified atom stereocenters. The fourth-order valence-electron chi connectivity index (χ4n) is 0.733. The molecule has 1 aliphatic rings. The fraction of sp³-hybridized carbons (Fsp3) is 1.00. The molecular weight excluding hydrogens is 90.1 g/mol. The molecule has 0 amide bonds. The van der Waals surface area contributed by atoms with Crippen LogP contribution in [0.2, 0.25) is 0 Å². The van der Waals surface area contributed by atoms with E-state index >= 15 is 0 Å². The molecule has 0 aromatic carbocycles. The molecule has 0 radical (unpaired) electrons. The zero-order valence-corrected chi connectivity index (χ0v) is 4.73. The predicted octanol–water partition coefficient (Wildman–Crippen LogP) is 0.764. The van der Waals surface area contributed by atoms with E-state index in [0.717, 1.165) is 6.42 Å². The summed E-state index contributed by atoms with van der Waals surface area (Å²) >= 11 is 0. The quantitative estimate of drug-likeness (QED) is 0.478. The van der Waals surface area contributed by atoms with Crippen molar-refractivity contribution in [1.82, 2.24) is 5.48 Å². The monoisotopic (exact) mass is 101 g/mol. The molecule has 2 heteroatoms. The molecule has 2 nitrogen and oxygen atoms in total. The van der Waals surface area contributed by atoms with Gasteiger partial charge in [-0.25, -0.2) is 0 Å². The van der Waals surface area contributed by atoms with Crippen molar-refractivity contribution < 1.29 is 5.21 Å². The fourth-order valence-corrected chi connectivity index (χ4v) is 0.733. The van der Waals surface area contributed by atoms with Crippen LogP contribution in [0.25, 0.3) is 0 Å². The Bertz CT molecular complexity index is 80.1. The normalized spacial score (nSPS) is 49.3. The van der Waals surface area contributed by atoms with Crippen LogP contribution in [0.1, 0.15) is 20.3 Å². The Morgan fingerprint density at radius 3 is 2.29 bits per heavy atom. The summed E-state index contributed by atoms with van der Waals surface area (Å²) in [6.07, 6.45) is 1.10. The predicted molar refractivity (Wildman–Crippen MR) is 27.1 cm³/mol. The van der Waals surface area contributed by atoms with Crippen molar-refractivity contribution in [3.8, 4) is 0 Å². The van der Waals surface area contributed by atoms with Gasteiger partial charge in [0.15, 0.2) is 0 Å². The van der Waals surface area contributed by atoms with Crippen LogP contribution in [-0.2, 0) is 0 Å². The highest BCUT2D eigenvalue weighted by Crippen LogP contribution is 2.41. The summed E-state index contributed by atoms with van der Waals surface area (Å²) in [4.78, 5) is 0. The van der Waals surface area contributed by atoms with Gasteiger partial charge in [0.2, 0.25) is 0 Å². The molecule has 42 valence electrons. The molecule has 0 aromatic heterocycles. The third-order valence-corrected chi connectivity index (χ3v) is 1.91. The molecule has 0 spiro atoms. The van der Waals surface area contributed by atoms with Crippen molar-refractivity contribution >= 4 is 0 Å². The highest BCUT2D eigenvalue weighted by molar-refractivity contribution is 5.01. The standard InChI is InChI=1S/C5H11NO/c1-4-3-5(4,2)6-7/h4,6-7H,3H2,1-2H3. The van der Waals surface area contributed by atoms with Gasteiger partial charge in [-0.05, 0) is 19.3 Å². The van der Waals surface area contributed by atoms with Crippen LogP contribution in [-0.4, -0.2) is 10.7 Å². The molecule has 7 heavy (non-hydrogen) atoms. The van der Waals surface area contributed by atoms with Crippen LogP contribution in [0, 0.1) is 5.92 Å². The Kier molecular flexibility index (Phi) is 0.869. The Morgan fingerprint density at radius 1 is 1.86 bits per heavy atom. The molecule has 0 aliphatic heterocycles.